The Morgan fingerprint density at radius 3 is 2.32 bits per heavy atom. The summed E-state index contributed by atoms with van der Waals surface area (Å²) in [7, 11) is 0. The van der Waals surface area contributed by atoms with Gasteiger partial charge in [-0.3, -0.25) is 4.79 Å². The van der Waals surface area contributed by atoms with Crippen molar-refractivity contribution >= 4 is 6.29 Å². The number of carbonyl (C=O) groups is 1. The molecule has 0 aliphatic carbocycles. The molecule has 0 radical (unpaired) electrons. The van der Waals surface area contributed by atoms with Gasteiger partial charge in [-0.1, -0.05) is 0 Å². The Kier molecular flexibility index (Phi) is 3.59. The molecular weight excluding hydrogens is 261 g/mol. The minimum atomic E-state index is -4.36. The standard InChI is InChI=1S/C13H9F3O3/c14-13(15,16)8-18-10-3-1-9(2-4-10)12-6-5-11(7-17)19-12/h1-7H,8H2. The first kappa shape index (κ1) is 13.2. The zero-order valence-corrected chi connectivity index (χ0v) is 9.61. The summed E-state index contributed by atoms with van der Waals surface area (Å²) in [5.41, 5.74) is 0.646. The van der Waals surface area contributed by atoms with Crippen molar-refractivity contribution in [2.75, 3.05) is 6.61 Å². The molecule has 2 aromatic rings. The Morgan fingerprint density at radius 2 is 1.79 bits per heavy atom. The highest BCUT2D eigenvalue weighted by Crippen LogP contribution is 2.25. The van der Waals surface area contributed by atoms with E-state index in [4.69, 9.17) is 4.42 Å². The highest BCUT2D eigenvalue weighted by molar-refractivity contribution is 5.72. The summed E-state index contributed by atoms with van der Waals surface area (Å²) in [5.74, 6) is 0.764. The third kappa shape index (κ3) is 3.61. The lowest BCUT2D eigenvalue weighted by Gasteiger charge is -2.09. The zero-order valence-electron chi connectivity index (χ0n) is 9.61. The third-order valence-electron chi connectivity index (χ3n) is 2.28. The summed E-state index contributed by atoms with van der Waals surface area (Å²) >= 11 is 0. The summed E-state index contributed by atoms with van der Waals surface area (Å²) in [5, 5.41) is 0. The van der Waals surface area contributed by atoms with Crippen LogP contribution in [-0.4, -0.2) is 19.1 Å². The molecule has 0 saturated carbocycles. The van der Waals surface area contributed by atoms with Crippen LogP contribution >= 0.6 is 0 Å². The molecule has 1 aromatic heterocycles. The molecular formula is C13H9F3O3. The van der Waals surface area contributed by atoms with Crippen LogP contribution in [0.2, 0.25) is 0 Å². The predicted octanol–water partition coefficient (Wildman–Crippen LogP) is 3.70. The van der Waals surface area contributed by atoms with Crippen molar-refractivity contribution in [1.29, 1.82) is 0 Å². The Balaban J connectivity index is 2.07. The summed E-state index contributed by atoms with van der Waals surface area (Å²) < 4.78 is 45.6. The first-order valence-corrected chi connectivity index (χ1v) is 5.33. The lowest BCUT2D eigenvalue weighted by molar-refractivity contribution is -0.153. The van der Waals surface area contributed by atoms with Crippen LogP contribution in [0.4, 0.5) is 13.2 Å². The number of halogens is 3. The van der Waals surface area contributed by atoms with Crippen molar-refractivity contribution in [2.45, 2.75) is 6.18 Å². The summed E-state index contributed by atoms with van der Waals surface area (Å²) in [6, 6.07) is 9.04. The molecule has 2 rings (SSSR count). The number of ether oxygens (including phenoxy) is 1. The molecule has 3 nitrogen and oxygen atoms in total. The molecule has 1 aromatic carbocycles. The van der Waals surface area contributed by atoms with Crippen LogP contribution in [0.5, 0.6) is 5.75 Å². The Hall–Kier alpha value is -2.24. The van der Waals surface area contributed by atoms with Gasteiger partial charge in [0, 0.05) is 5.56 Å². The smallest absolute Gasteiger partial charge is 0.422 e. The van der Waals surface area contributed by atoms with Crippen molar-refractivity contribution in [3.05, 3.63) is 42.2 Å². The fourth-order valence-electron chi connectivity index (χ4n) is 1.45. The van der Waals surface area contributed by atoms with Gasteiger partial charge in [0.05, 0.1) is 0 Å². The molecule has 1 heterocycles. The average Bonchev–Trinajstić information content (AvgIpc) is 2.85. The molecule has 0 unspecified atom stereocenters. The maximum Gasteiger partial charge on any atom is 0.422 e. The van der Waals surface area contributed by atoms with E-state index in [1.165, 1.54) is 18.2 Å². The number of carbonyl (C=O) groups excluding carboxylic acids is 1. The maximum absolute atomic E-state index is 12.0. The van der Waals surface area contributed by atoms with Gasteiger partial charge in [-0.15, -0.1) is 0 Å². The summed E-state index contributed by atoms with van der Waals surface area (Å²) in [4.78, 5) is 10.5. The minimum absolute atomic E-state index is 0.114. The first-order valence-electron chi connectivity index (χ1n) is 5.33. The second-order valence-corrected chi connectivity index (χ2v) is 3.75. The van der Waals surface area contributed by atoms with Crippen molar-refractivity contribution in [3.63, 3.8) is 0 Å². The lowest BCUT2D eigenvalue weighted by Crippen LogP contribution is -2.19. The number of benzene rings is 1. The second kappa shape index (κ2) is 5.17. The van der Waals surface area contributed by atoms with E-state index in [1.54, 1.807) is 18.2 Å². The van der Waals surface area contributed by atoms with Crippen LogP contribution in [0, 0.1) is 0 Å². The maximum atomic E-state index is 12.0. The van der Waals surface area contributed by atoms with Crippen LogP contribution in [-0.2, 0) is 0 Å². The lowest BCUT2D eigenvalue weighted by atomic mass is 10.2. The summed E-state index contributed by atoms with van der Waals surface area (Å²) in [6.07, 6.45) is -3.79. The second-order valence-electron chi connectivity index (χ2n) is 3.75. The first-order chi connectivity index (χ1) is 8.98. The van der Waals surface area contributed by atoms with Gasteiger partial charge in [0.2, 0.25) is 0 Å². The van der Waals surface area contributed by atoms with E-state index in [1.807, 2.05) is 0 Å². The van der Waals surface area contributed by atoms with Gasteiger partial charge in [0.15, 0.2) is 18.7 Å². The fourth-order valence-corrected chi connectivity index (χ4v) is 1.45. The number of furan rings is 1. The summed E-state index contributed by atoms with van der Waals surface area (Å²) in [6.45, 7) is -1.33. The molecule has 100 valence electrons. The van der Waals surface area contributed by atoms with E-state index in [0.29, 0.717) is 17.6 Å². The molecule has 19 heavy (non-hydrogen) atoms. The quantitative estimate of drug-likeness (QED) is 0.795. The molecule has 0 spiro atoms. The molecule has 6 heteroatoms. The van der Waals surface area contributed by atoms with Gasteiger partial charge in [-0.05, 0) is 36.4 Å². The Labute approximate surface area is 106 Å². The normalized spacial score (nSPS) is 11.3. The van der Waals surface area contributed by atoms with Crippen LogP contribution in [0.25, 0.3) is 11.3 Å². The van der Waals surface area contributed by atoms with Gasteiger partial charge in [0.25, 0.3) is 0 Å². The molecule has 0 aliphatic rings. The van der Waals surface area contributed by atoms with E-state index in [-0.39, 0.29) is 11.5 Å². The van der Waals surface area contributed by atoms with Gasteiger partial charge >= 0.3 is 6.18 Å². The molecule has 0 bridgehead atoms. The van der Waals surface area contributed by atoms with Gasteiger partial charge in [0.1, 0.15) is 11.5 Å². The molecule has 0 amide bonds. The van der Waals surface area contributed by atoms with Crippen LogP contribution in [0.15, 0.2) is 40.8 Å². The van der Waals surface area contributed by atoms with Crippen LogP contribution in [0.1, 0.15) is 10.6 Å². The van der Waals surface area contributed by atoms with Crippen molar-refractivity contribution in [1.82, 2.24) is 0 Å². The number of rotatable bonds is 4. The van der Waals surface area contributed by atoms with Gasteiger partial charge in [-0.25, -0.2) is 0 Å². The average molecular weight is 270 g/mol. The fraction of sp³-hybridized carbons (Fsp3) is 0.154. The zero-order chi connectivity index (χ0) is 13.9. The van der Waals surface area contributed by atoms with Crippen molar-refractivity contribution in [3.8, 4) is 17.1 Å². The molecule has 0 aliphatic heterocycles. The number of alkyl halides is 3. The van der Waals surface area contributed by atoms with Crippen LogP contribution in [0.3, 0.4) is 0 Å². The van der Waals surface area contributed by atoms with Crippen molar-refractivity contribution in [2.24, 2.45) is 0 Å². The monoisotopic (exact) mass is 270 g/mol. The SMILES string of the molecule is O=Cc1ccc(-c2ccc(OCC(F)(F)F)cc2)o1. The third-order valence-corrected chi connectivity index (χ3v) is 2.28. The van der Waals surface area contributed by atoms with E-state index < -0.39 is 12.8 Å². The topological polar surface area (TPSA) is 39.4 Å². The van der Waals surface area contributed by atoms with E-state index in [0.717, 1.165) is 0 Å². The molecule has 0 fully saturated rings. The largest absolute Gasteiger partial charge is 0.484 e. The van der Waals surface area contributed by atoms with E-state index in [2.05, 4.69) is 4.74 Å². The van der Waals surface area contributed by atoms with Gasteiger partial charge < -0.3 is 9.15 Å². The predicted molar refractivity (Wildman–Crippen MR) is 61.1 cm³/mol. The number of hydrogen-bond donors (Lipinski definition) is 0. The minimum Gasteiger partial charge on any atom is -0.484 e. The van der Waals surface area contributed by atoms with Crippen LogP contribution < -0.4 is 4.74 Å². The molecule has 0 N–H and O–H groups in total. The molecule has 0 atom stereocenters. The highest BCUT2D eigenvalue weighted by Gasteiger charge is 2.28. The van der Waals surface area contributed by atoms with E-state index >= 15 is 0 Å². The Bertz CT molecular complexity index is 555. The van der Waals surface area contributed by atoms with Crippen molar-refractivity contribution < 1.29 is 27.1 Å². The Morgan fingerprint density at radius 1 is 1.11 bits per heavy atom. The highest BCUT2D eigenvalue weighted by atomic mass is 19.4. The number of aldehydes is 1. The number of hydrogen-bond acceptors (Lipinski definition) is 3. The van der Waals surface area contributed by atoms with E-state index in [9.17, 15) is 18.0 Å². The van der Waals surface area contributed by atoms with Gasteiger partial charge in [-0.2, -0.15) is 13.2 Å². The molecule has 0 saturated heterocycles.